The molecule has 0 aliphatic carbocycles. The van der Waals surface area contributed by atoms with E-state index in [0.29, 0.717) is 18.5 Å². The van der Waals surface area contributed by atoms with Crippen molar-refractivity contribution >= 4 is 16.0 Å². The second-order valence-corrected chi connectivity index (χ2v) is 6.10. The number of nitrogens with zero attached hydrogens (tertiary/aromatic N) is 1. The number of methoxy groups -OCH3 is 1. The molecule has 1 saturated heterocycles. The minimum absolute atomic E-state index is 0.0820. The van der Waals surface area contributed by atoms with Crippen LogP contribution in [-0.2, 0) is 25.3 Å². The minimum Gasteiger partial charge on any atom is -0.468 e. The first-order chi connectivity index (χ1) is 8.54. The van der Waals surface area contributed by atoms with Crippen LogP contribution in [0.3, 0.4) is 0 Å². The predicted octanol–water partition coefficient (Wildman–Crippen LogP) is 0.764. The Labute approximate surface area is 106 Å². The third-order valence-electron chi connectivity index (χ3n) is 2.99. The maximum Gasteiger partial charge on any atom is 0.324 e. The van der Waals surface area contributed by atoms with Crippen molar-refractivity contribution in [3.63, 3.8) is 0 Å². The van der Waals surface area contributed by atoms with Gasteiger partial charge in [0.05, 0.1) is 12.9 Å². The average molecular weight is 269 g/mol. The van der Waals surface area contributed by atoms with Crippen LogP contribution in [-0.4, -0.2) is 38.4 Å². The number of carbonyl (C=O) groups is 1. The Hall–Kier alpha value is -1.40. The van der Waals surface area contributed by atoms with E-state index in [1.807, 2.05) is 6.07 Å². The molecule has 1 aromatic carbocycles. The summed E-state index contributed by atoms with van der Waals surface area (Å²) < 4.78 is 30.1. The number of hydrogen-bond acceptors (Lipinski definition) is 4. The Morgan fingerprint density at radius 3 is 2.56 bits per heavy atom. The van der Waals surface area contributed by atoms with Gasteiger partial charge in [-0.05, 0) is 12.0 Å². The lowest BCUT2D eigenvalue weighted by molar-refractivity contribution is -0.148. The third kappa shape index (κ3) is 2.54. The monoisotopic (exact) mass is 269 g/mol. The van der Waals surface area contributed by atoms with Crippen molar-refractivity contribution in [1.82, 2.24) is 4.31 Å². The summed E-state index contributed by atoms with van der Waals surface area (Å²) >= 11 is 0. The quantitative estimate of drug-likeness (QED) is 0.757. The maximum atomic E-state index is 12.1. The molecule has 1 aliphatic rings. The Kier molecular flexibility index (Phi) is 3.68. The molecule has 1 atom stereocenters. The second-order valence-electron chi connectivity index (χ2n) is 4.18. The van der Waals surface area contributed by atoms with Gasteiger partial charge in [-0.2, -0.15) is 4.31 Å². The lowest BCUT2D eigenvalue weighted by atomic mass is 10.1. The molecular formula is C12H15NO4S. The van der Waals surface area contributed by atoms with Gasteiger partial charge in [0, 0.05) is 6.54 Å². The fourth-order valence-electron chi connectivity index (χ4n) is 1.94. The topological polar surface area (TPSA) is 63.7 Å². The van der Waals surface area contributed by atoms with E-state index >= 15 is 0 Å². The molecule has 0 amide bonds. The summed E-state index contributed by atoms with van der Waals surface area (Å²) in [6, 6.07) is 8.27. The van der Waals surface area contributed by atoms with Gasteiger partial charge in [0.25, 0.3) is 0 Å². The second kappa shape index (κ2) is 5.07. The largest absolute Gasteiger partial charge is 0.468 e. The molecule has 0 spiro atoms. The number of benzene rings is 1. The molecule has 18 heavy (non-hydrogen) atoms. The van der Waals surface area contributed by atoms with Gasteiger partial charge in [-0.3, -0.25) is 4.79 Å². The highest BCUT2D eigenvalue weighted by Crippen LogP contribution is 2.25. The molecule has 6 heteroatoms. The van der Waals surface area contributed by atoms with Gasteiger partial charge in [-0.25, -0.2) is 8.42 Å². The third-order valence-corrected chi connectivity index (χ3v) is 4.84. The molecule has 98 valence electrons. The van der Waals surface area contributed by atoms with Gasteiger partial charge >= 0.3 is 5.97 Å². The van der Waals surface area contributed by atoms with E-state index in [4.69, 9.17) is 0 Å². The molecule has 1 fully saturated rings. The summed E-state index contributed by atoms with van der Waals surface area (Å²) in [5.41, 5.74) is 0.716. The lowest BCUT2D eigenvalue weighted by Gasteiger charge is -2.37. The van der Waals surface area contributed by atoms with Gasteiger partial charge in [0.1, 0.15) is 6.04 Å². The zero-order valence-electron chi connectivity index (χ0n) is 10.1. The smallest absolute Gasteiger partial charge is 0.324 e. The molecular weight excluding hydrogens is 254 g/mol. The number of ether oxygens (including phenoxy) is 1. The van der Waals surface area contributed by atoms with Crippen molar-refractivity contribution in [3.05, 3.63) is 35.9 Å². The van der Waals surface area contributed by atoms with Crippen molar-refractivity contribution in [1.29, 1.82) is 0 Å². The van der Waals surface area contributed by atoms with Crippen LogP contribution in [0.2, 0.25) is 0 Å². The molecule has 0 N–H and O–H groups in total. The molecule has 0 aromatic heterocycles. The molecule has 1 aromatic rings. The molecule has 0 bridgehead atoms. The number of sulfonamides is 1. The fourth-order valence-corrected chi connectivity index (χ4v) is 3.68. The molecule has 0 saturated carbocycles. The highest BCUT2D eigenvalue weighted by molar-refractivity contribution is 7.88. The van der Waals surface area contributed by atoms with Gasteiger partial charge in [-0.15, -0.1) is 0 Å². The molecule has 5 nitrogen and oxygen atoms in total. The number of carbonyl (C=O) groups excluding carboxylic acids is 1. The molecule has 0 unspecified atom stereocenters. The summed E-state index contributed by atoms with van der Waals surface area (Å²) in [6.07, 6.45) is 0.528. The Morgan fingerprint density at radius 2 is 2.06 bits per heavy atom. The van der Waals surface area contributed by atoms with E-state index in [-0.39, 0.29) is 5.75 Å². The van der Waals surface area contributed by atoms with Crippen LogP contribution in [0.5, 0.6) is 0 Å². The summed E-state index contributed by atoms with van der Waals surface area (Å²) in [5, 5.41) is 0. The first-order valence-electron chi connectivity index (χ1n) is 5.66. The molecule has 1 aliphatic heterocycles. The molecule has 1 heterocycles. The normalized spacial score (nSPS) is 20.2. The summed E-state index contributed by atoms with van der Waals surface area (Å²) in [4.78, 5) is 11.4. The van der Waals surface area contributed by atoms with E-state index in [1.165, 1.54) is 11.4 Å². The standard InChI is InChI=1S/C12H15NO4S/c1-17-12(14)11-7-8-13(11)18(15,16)9-10-5-3-2-4-6-10/h2-6,11H,7-9H2,1H3/t11-/m0/s1. The Bertz CT molecular complexity index is 526. The van der Waals surface area contributed by atoms with Gasteiger partial charge < -0.3 is 4.74 Å². The number of esters is 1. The summed E-state index contributed by atoms with van der Waals surface area (Å²) in [6.45, 7) is 0.384. The van der Waals surface area contributed by atoms with Crippen LogP contribution in [0.1, 0.15) is 12.0 Å². The number of hydrogen-bond donors (Lipinski definition) is 0. The fraction of sp³-hybridized carbons (Fsp3) is 0.417. The summed E-state index contributed by atoms with van der Waals surface area (Å²) in [7, 11) is -2.18. The van der Waals surface area contributed by atoms with Crippen molar-refractivity contribution in [2.45, 2.75) is 18.2 Å². The first-order valence-corrected chi connectivity index (χ1v) is 7.27. The van der Waals surface area contributed by atoms with Crippen molar-refractivity contribution in [2.75, 3.05) is 13.7 Å². The van der Waals surface area contributed by atoms with Crippen molar-refractivity contribution < 1.29 is 17.9 Å². The minimum atomic E-state index is -3.45. The molecule has 0 radical (unpaired) electrons. The van der Waals surface area contributed by atoms with Crippen LogP contribution in [0.15, 0.2) is 30.3 Å². The van der Waals surface area contributed by atoms with E-state index in [1.54, 1.807) is 24.3 Å². The number of rotatable bonds is 4. The van der Waals surface area contributed by atoms with E-state index in [2.05, 4.69) is 4.74 Å². The van der Waals surface area contributed by atoms with Gasteiger partial charge in [0.15, 0.2) is 0 Å². The van der Waals surface area contributed by atoms with E-state index < -0.39 is 22.0 Å². The summed E-state index contributed by atoms with van der Waals surface area (Å²) in [5.74, 6) is -0.570. The van der Waals surface area contributed by atoms with Gasteiger partial charge in [0.2, 0.25) is 10.0 Å². The Morgan fingerprint density at radius 1 is 1.39 bits per heavy atom. The maximum absolute atomic E-state index is 12.1. The van der Waals surface area contributed by atoms with Gasteiger partial charge in [-0.1, -0.05) is 30.3 Å². The zero-order chi connectivity index (χ0) is 13.2. The van der Waals surface area contributed by atoms with Crippen LogP contribution >= 0.6 is 0 Å². The van der Waals surface area contributed by atoms with Crippen LogP contribution in [0.25, 0.3) is 0 Å². The first kappa shape index (κ1) is 13.0. The lowest BCUT2D eigenvalue weighted by Crippen LogP contribution is -2.55. The highest BCUT2D eigenvalue weighted by atomic mass is 32.2. The highest BCUT2D eigenvalue weighted by Gasteiger charge is 2.42. The van der Waals surface area contributed by atoms with Crippen molar-refractivity contribution in [2.24, 2.45) is 0 Å². The van der Waals surface area contributed by atoms with Crippen LogP contribution in [0, 0.1) is 0 Å². The molecule has 2 rings (SSSR count). The predicted molar refractivity (Wildman–Crippen MR) is 66.2 cm³/mol. The Balaban J connectivity index is 2.10. The SMILES string of the molecule is COC(=O)[C@@H]1CCN1S(=O)(=O)Cc1ccccc1. The van der Waals surface area contributed by atoms with E-state index in [9.17, 15) is 13.2 Å². The van der Waals surface area contributed by atoms with Crippen LogP contribution < -0.4 is 0 Å². The van der Waals surface area contributed by atoms with E-state index in [0.717, 1.165) is 0 Å². The zero-order valence-corrected chi connectivity index (χ0v) is 10.9. The van der Waals surface area contributed by atoms with Crippen LogP contribution in [0.4, 0.5) is 0 Å². The average Bonchev–Trinajstić information content (AvgIpc) is 2.27. The van der Waals surface area contributed by atoms with Crippen molar-refractivity contribution in [3.8, 4) is 0 Å².